The minimum Gasteiger partial charge on any atom is -0.373 e. The van der Waals surface area contributed by atoms with E-state index < -0.39 is 0 Å². The lowest BCUT2D eigenvalue weighted by molar-refractivity contribution is -0.126. The van der Waals surface area contributed by atoms with E-state index in [1.165, 1.54) is 16.7 Å². The molecule has 1 aliphatic rings. The van der Waals surface area contributed by atoms with E-state index in [1.807, 2.05) is 41.1 Å². The quantitative estimate of drug-likeness (QED) is 0.472. The van der Waals surface area contributed by atoms with Crippen molar-refractivity contribution in [1.82, 2.24) is 20.3 Å². The molecule has 0 saturated heterocycles. The molecule has 0 fully saturated rings. The number of fused-ring (bicyclic) bond motifs is 1. The van der Waals surface area contributed by atoms with Crippen LogP contribution in [-0.2, 0) is 35.5 Å². The van der Waals surface area contributed by atoms with Crippen LogP contribution in [0, 0.1) is 5.92 Å². The number of carbonyl (C=O) groups is 1. The Morgan fingerprint density at radius 1 is 0.857 bits per heavy atom. The summed E-state index contributed by atoms with van der Waals surface area (Å²) >= 11 is 0. The summed E-state index contributed by atoms with van der Waals surface area (Å²) in [6.45, 7) is 1.49. The first-order valence-corrected chi connectivity index (χ1v) is 12.2. The summed E-state index contributed by atoms with van der Waals surface area (Å²) in [5, 5.41) is 11.6. The van der Waals surface area contributed by atoms with Crippen LogP contribution in [0.15, 0.2) is 91.1 Å². The standard InChI is InChI=1S/C29H30N4O2/c34-29-26(17-23-11-13-25(14-12-23)24-9-5-2-6-10-24)15-16-33-28(19-30-32-33)21-35-20-27(31-29)18-22-7-3-1-4-8-22/h1-14,19,26-27H,15-18,20-21H2,(H,31,34)/t26-,27-/m0/s1. The predicted octanol–water partition coefficient (Wildman–Crippen LogP) is 4.45. The summed E-state index contributed by atoms with van der Waals surface area (Å²) < 4.78 is 7.83. The minimum absolute atomic E-state index is 0.0604. The molecule has 1 N–H and O–H groups in total. The monoisotopic (exact) mass is 466 g/mol. The largest absolute Gasteiger partial charge is 0.373 e. The molecule has 35 heavy (non-hydrogen) atoms. The number of hydrogen-bond acceptors (Lipinski definition) is 4. The first-order valence-electron chi connectivity index (χ1n) is 12.2. The van der Waals surface area contributed by atoms with Crippen LogP contribution in [0.5, 0.6) is 0 Å². The summed E-state index contributed by atoms with van der Waals surface area (Å²) in [7, 11) is 0. The van der Waals surface area contributed by atoms with Gasteiger partial charge in [0.15, 0.2) is 0 Å². The molecule has 0 saturated carbocycles. The normalized spacial score (nSPS) is 18.8. The Balaban J connectivity index is 1.34. The molecule has 5 rings (SSSR count). The Morgan fingerprint density at radius 3 is 2.31 bits per heavy atom. The molecule has 1 aromatic heterocycles. The molecule has 6 heteroatoms. The van der Waals surface area contributed by atoms with Gasteiger partial charge in [-0.25, -0.2) is 4.68 Å². The third-order valence-electron chi connectivity index (χ3n) is 6.54. The van der Waals surface area contributed by atoms with Crippen LogP contribution < -0.4 is 5.32 Å². The fourth-order valence-electron chi connectivity index (χ4n) is 4.61. The Bertz CT molecular complexity index is 1220. The van der Waals surface area contributed by atoms with Crippen LogP contribution in [-0.4, -0.2) is 33.5 Å². The molecule has 6 nitrogen and oxygen atoms in total. The second-order valence-corrected chi connectivity index (χ2v) is 9.11. The third-order valence-corrected chi connectivity index (χ3v) is 6.54. The third kappa shape index (κ3) is 6.03. The molecule has 0 spiro atoms. The van der Waals surface area contributed by atoms with Gasteiger partial charge in [-0.15, -0.1) is 5.10 Å². The Labute approximate surface area is 206 Å². The SMILES string of the molecule is O=C1N[C@@H](Cc2ccccc2)COCc2cnnn2CC[C@H]1Cc1ccc(-c2ccccc2)cc1. The molecule has 178 valence electrons. The van der Waals surface area contributed by atoms with Crippen molar-refractivity contribution in [2.24, 2.45) is 5.92 Å². The summed E-state index contributed by atoms with van der Waals surface area (Å²) in [4.78, 5) is 13.5. The number of carbonyl (C=O) groups excluding carboxylic acids is 1. The average molecular weight is 467 g/mol. The van der Waals surface area contributed by atoms with Gasteiger partial charge in [0.1, 0.15) is 0 Å². The zero-order valence-corrected chi connectivity index (χ0v) is 19.7. The molecule has 2 heterocycles. The van der Waals surface area contributed by atoms with Crippen molar-refractivity contribution in [2.75, 3.05) is 6.61 Å². The van der Waals surface area contributed by atoms with E-state index in [1.54, 1.807) is 6.20 Å². The number of nitrogens with zero attached hydrogens (tertiary/aromatic N) is 3. The second-order valence-electron chi connectivity index (χ2n) is 9.11. The number of benzene rings is 3. The first-order chi connectivity index (χ1) is 17.2. The number of rotatable bonds is 5. The van der Waals surface area contributed by atoms with Crippen molar-refractivity contribution in [2.45, 2.75) is 38.5 Å². The van der Waals surface area contributed by atoms with Crippen LogP contribution in [0.4, 0.5) is 0 Å². The fourth-order valence-corrected chi connectivity index (χ4v) is 4.61. The van der Waals surface area contributed by atoms with E-state index in [4.69, 9.17) is 4.74 Å². The van der Waals surface area contributed by atoms with E-state index in [-0.39, 0.29) is 17.9 Å². The lowest BCUT2D eigenvalue weighted by Gasteiger charge is -2.22. The summed E-state index contributed by atoms with van der Waals surface area (Å²) in [5.74, 6) is -0.115. The molecule has 4 aromatic rings. The van der Waals surface area contributed by atoms with Gasteiger partial charge < -0.3 is 10.1 Å². The maximum Gasteiger partial charge on any atom is 0.223 e. The number of amides is 1. The van der Waals surface area contributed by atoms with Crippen LogP contribution in [0.1, 0.15) is 23.2 Å². The molecule has 1 amide bonds. The van der Waals surface area contributed by atoms with Crippen molar-refractivity contribution in [3.05, 3.63) is 108 Å². The number of ether oxygens (including phenoxy) is 1. The van der Waals surface area contributed by atoms with Crippen molar-refractivity contribution in [3.63, 3.8) is 0 Å². The maximum atomic E-state index is 13.5. The van der Waals surface area contributed by atoms with E-state index in [0.29, 0.717) is 32.6 Å². The molecule has 0 aliphatic carbocycles. The maximum absolute atomic E-state index is 13.5. The minimum atomic E-state index is -0.175. The van der Waals surface area contributed by atoms with Gasteiger partial charge in [-0.3, -0.25) is 4.79 Å². The molecular formula is C29H30N4O2. The van der Waals surface area contributed by atoms with Crippen molar-refractivity contribution in [3.8, 4) is 11.1 Å². The van der Waals surface area contributed by atoms with Crippen LogP contribution in [0.25, 0.3) is 11.1 Å². The van der Waals surface area contributed by atoms with Gasteiger partial charge in [0.25, 0.3) is 0 Å². The van der Waals surface area contributed by atoms with E-state index >= 15 is 0 Å². The van der Waals surface area contributed by atoms with E-state index in [0.717, 1.165) is 17.7 Å². The molecule has 1 aliphatic heterocycles. The Hall–Kier alpha value is -3.77. The smallest absolute Gasteiger partial charge is 0.223 e. The summed E-state index contributed by atoms with van der Waals surface area (Å²) in [6, 6.07) is 29.0. The highest BCUT2D eigenvalue weighted by atomic mass is 16.5. The summed E-state index contributed by atoms with van der Waals surface area (Å²) in [6.07, 6.45) is 3.82. The van der Waals surface area contributed by atoms with Gasteiger partial charge in [0.2, 0.25) is 5.91 Å². The molecule has 0 bridgehead atoms. The first kappa shape index (κ1) is 23.0. The van der Waals surface area contributed by atoms with Crippen molar-refractivity contribution in [1.29, 1.82) is 0 Å². The van der Waals surface area contributed by atoms with Gasteiger partial charge in [-0.2, -0.15) is 0 Å². The number of aromatic nitrogens is 3. The highest BCUT2D eigenvalue weighted by Gasteiger charge is 2.24. The Kier molecular flexibility index (Phi) is 7.29. The zero-order valence-electron chi connectivity index (χ0n) is 19.7. The Morgan fingerprint density at radius 2 is 1.54 bits per heavy atom. The zero-order chi connectivity index (χ0) is 23.9. The number of hydrogen-bond donors (Lipinski definition) is 1. The highest BCUT2D eigenvalue weighted by molar-refractivity contribution is 5.79. The van der Waals surface area contributed by atoms with Crippen LogP contribution in [0.2, 0.25) is 0 Å². The lowest BCUT2D eigenvalue weighted by Crippen LogP contribution is -2.43. The van der Waals surface area contributed by atoms with Gasteiger partial charge in [-0.05, 0) is 41.5 Å². The van der Waals surface area contributed by atoms with Crippen molar-refractivity contribution >= 4 is 5.91 Å². The predicted molar refractivity (Wildman–Crippen MR) is 135 cm³/mol. The van der Waals surface area contributed by atoms with Gasteiger partial charge >= 0.3 is 0 Å². The van der Waals surface area contributed by atoms with Gasteiger partial charge in [0.05, 0.1) is 31.1 Å². The fraction of sp³-hybridized carbons (Fsp3) is 0.276. The lowest BCUT2D eigenvalue weighted by atomic mass is 9.93. The van der Waals surface area contributed by atoms with Gasteiger partial charge in [-0.1, -0.05) is 90.1 Å². The molecule has 0 unspecified atom stereocenters. The number of aryl methyl sites for hydroxylation is 1. The number of nitrogens with one attached hydrogen (secondary N) is 1. The van der Waals surface area contributed by atoms with Crippen LogP contribution >= 0.6 is 0 Å². The highest BCUT2D eigenvalue weighted by Crippen LogP contribution is 2.22. The van der Waals surface area contributed by atoms with E-state index in [9.17, 15) is 4.79 Å². The van der Waals surface area contributed by atoms with Crippen LogP contribution in [0.3, 0.4) is 0 Å². The average Bonchev–Trinajstić information content (AvgIpc) is 3.34. The van der Waals surface area contributed by atoms with E-state index in [2.05, 4.69) is 64.2 Å². The van der Waals surface area contributed by atoms with Gasteiger partial charge in [0, 0.05) is 12.5 Å². The molecule has 3 aromatic carbocycles. The van der Waals surface area contributed by atoms with Crippen molar-refractivity contribution < 1.29 is 9.53 Å². The topological polar surface area (TPSA) is 69.0 Å². The summed E-state index contributed by atoms with van der Waals surface area (Å²) in [5.41, 5.74) is 5.62. The molecule has 2 atom stereocenters. The second kappa shape index (κ2) is 11.1. The molecule has 0 radical (unpaired) electrons. The molecular weight excluding hydrogens is 436 g/mol.